The zero-order valence-electron chi connectivity index (χ0n) is 8.91. The molecule has 1 atom stereocenters. The average Bonchev–Trinajstić information content (AvgIpc) is 2.70. The molecule has 3 heteroatoms. The van der Waals surface area contributed by atoms with Gasteiger partial charge in [0, 0.05) is 13.1 Å². The number of benzene rings is 1. The second kappa shape index (κ2) is 4.42. The zero-order valence-corrected chi connectivity index (χ0v) is 9.67. The summed E-state index contributed by atoms with van der Waals surface area (Å²) in [5, 5.41) is 10.2. The highest BCUT2D eigenvalue weighted by atomic mass is 35.5. The third-order valence-corrected chi connectivity index (χ3v) is 3.20. The van der Waals surface area contributed by atoms with Crippen LogP contribution in [0.15, 0.2) is 18.2 Å². The molecule has 1 heterocycles. The molecule has 1 aromatic rings. The highest BCUT2D eigenvalue weighted by molar-refractivity contribution is 6.33. The minimum Gasteiger partial charge on any atom is -0.389 e. The topological polar surface area (TPSA) is 23.5 Å². The summed E-state index contributed by atoms with van der Waals surface area (Å²) in [6.07, 6.45) is 2.04. The first-order valence-corrected chi connectivity index (χ1v) is 5.79. The molecule has 1 aliphatic rings. The third kappa shape index (κ3) is 2.27. The molecule has 2 nitrogen and oxygen atoms in total. The van der Waals surface area contributed by atoms with Crippen LogP contribution in [0.2, 0.25) is 5.02 Å². The van der Waals surface area contributed by atoms with Gasteiger partial charge in [-0.15, -0.1) is 0 Å². The molecule has 2 rings (SSSR count). The number of halogens is 1. The second-order valence-electron chi connectivity index (χ2n) is 4.08. The SMILES string of the molecule is C[C@@H](O)c1ccc(N2CCCC2)c(Cl)c1. The van der Waals surface area contributed by atoms with Crippen LogP contribution in [0.25, 0.3) is 0 Å². The number of aliphatic hydroxyl groups is 1. The van der Waals surface area contributed by atoms with Gasteiger partial charge >= 0.3 is 0 Å². The van der Waals surface area contributed by atoms with Crippen LogP contribution < -0.4 is 4.90 Å². The van der Waals surface area contributed by atoms with E-state index in [1.165, 1.54) is 12.8 Å². The molecule has 1 N–H and O–H groups in total. The molecule has 0 amide bonds. The van der Waals surface area contributed by atoms with Gasteiger partial charge in [0.15, 0.2) is 0 Å². The fourth-order valence-corrected chi connectivity index (χ4v) is 2.31. The first kappa shape index (κ1) is 10.8. The van der Waals surface area contributed by atoms with Crippen LogP contribution in [0, 0.1) is 0 Å². The van der Waals surface area contributed by atoms with Gasteiger partial charge in [0.05, 0.1) is 16.8 Å². The van der Waals surface area contributed by atoms with Gasteiger partial charge in [0.1, 0.15) is 0 Å². The summed E-state index contributed by atoms with van der Waals surface area (Å²) >= 11 is 6.20. The van der Waals surface area contributed by atoms with Crippen molar-refractivity contribution in [1.82, 2.24) is 0 Å². The summed E-state index contributed by atoms with van der Waals surface area (Å²) in [5.74, 6) is 0. The molecule has 0 saturated carbocycles. The van der Waals surface area contributed by atoms with Gasteiger partial charge in [0.2, 0.25) is 0 Å². The first-order valence-electron chi connectivity index (χ1n) is 5.41. The van der Waals surface area contributed by atoms with E-state index in [9.17, 15) is 5.11 Å². The minimum absolute atomic E-state index is 0.449. The number of hydrogen-bond donors (Lipinski definition) is 1. The Bertz CT molecular complexity index is 345. The van der Waals surface area contributed by atoms with Crippen molar-refractivity contribution >= 4 is 17.3 Å². The summed E-state index contributed by atoms with van der Waals surface area (Å²) in [6.45, 7) is 3.93. The van der Waals surface area contributed by atoms with Crippen LogP contribution in [0.3, 0.4) is 0 Å². The maximum absolute atomic E-state index is 9.43. The largest absolute Gasteiger partial charge is 0.389 e. The monoisotopic (exact) mass is 225 g/mol. The lowest BCUT2D eigenvalue weighted by Crippen LogP contribution is -2.18. The maximum Gasteiger partial charge on any atom is 0.0762 e. The molecular weight excluding hydrogens is 210 g/mol. The van der Waals surface area contributed by atoms with E-state index in [1.807, 2.05) is 18.2 Å². The highest BCUT2D eigenvalue weighted by Crippen LogP contribution is 2.30. The molecule has 1 aromatic carbocycles. The Hall–Kier alpha value is -0.730. The van der Waals surface area contributed by atoms with Gasteiger partial charge in [-0.2, -0.15) is 0 Å². The van der Waals surface area contributed by atoms with Crippen molar-refractivity contribution in [1.29, 1.82) is 0 Å². The Labute approximate surface area is 95.5 Å². The summed E-state index contributed by atoms with van der Waals surface area (Å²) in [6, 6.07) is 5.82. The van der Waals surface area contributed by atoms with E-state index >= 15 is 0 Å². The molecule has 0 aliphatic carbocycles. The fourth-order valence-electron chi connectivity index (χ4n) is 2.00. The van der Waals surface area contributed by atoms with Gasteiger partial charge in [-0.05, 0) is 37.5 Å². The van der Waals surface area contributed by atoms with E-state index < -0.39 is 6.10 Å². The Morgan fingerprint density at radius 2 is 2.00 bits per heavy atom. The lowest BCUT2D eigenvalue weighted by atomic mass is 10.1. The Balaban J connectivity index is 2.25. The molecule has 1 saturated heterocycles. The fraction of sp³-hybridized carbons (Fsp3) is 0.500. The molecule has 82 valence electrons. The molecule has 0 spiro atoms. The van der Waals surface area contributed by atoms with Crippen LogP contribution in [0.4, 0.5) is 5.69 Å². The van der Waals surface area contributed by atoms with E-state index in [2.05, 4.69) is 4.90 Å². The number of nitrogens with zero attached hydrogens (tertiary/aromatic N) is 1. The number of rotatable bonds is 2. The first-order chi connectivity index (χ1) is 7.18. The van der Waals surface area contributed by atoms with Crippen LogP contribution in [0.5, 0.6) is 0 Å². The van der Waals surface area contributed by atoms with Crippen molar-refractivity contribution in [3.63, 3.8) is 0 Å². The van der Waals surface area contributed by atoms with Gasteiger partial charge in [-0.1, -0.05) is 17.7 Å². The maximum atomic E-state index is 9.43. The van der Waals surface area contributed by atoms with E-state index in [-0.39, 0.29) is 0 Å². The van der Waals surface area contributed by atoms with Crippen LogP contribution >= 0.6 is 11.6 Å². The van der Waals surface area contributed by atoms with Crippen molar-refractivity contribution < 1.29 is 5.11 Å². The van der Waals surface area contributed by atoms with Gasteiger partial charge < -0.3 is 10.0 Å². The normalized spacial score (nSPS) is 18.2. The standard InChI is InChI=1S/C12H16ClNO/c1-9(15)10-4-5-12(11(13)8-10)14-6-2-3-7-14/h4-5,8-9,15H,2-3,6-7H2,1H3/t9-/m1/s1. The van der Waals surface area contributed by atoms with Crippen molar-refractivity contribution in [3.8, 4) is 0 Å². The minimum atomic E-state index is -0.449. The number of hydrogen-bond acceptors (Lipinski definition) is 2. The molecule has 1 fully saturated rings. The van der Waals surface area contributed by atoms with Gasteiger partial charge in [-0.25, -0.2) is 0 Å². The van der Waals surface area contributed by atoms with Crippen molar-refractivity contribution in [2.75, 3.05) is 18.0 Å². The quantitative estimate of drug-likeness (QED) is 0.837. The molecule has 15 heavy (non-hydrogen) atoms. The lowest BCUT2D eigenvalue weighted by molar-refractivity contribution is 0.199. The molecule has 1 aliphatic heterocycles. The highest BCUT2D eigenvalue weighted by Gasteiger charge is 2.15. The molecule has 0 bridgehead atoms. The lowest BCUT2D eigenvalue weighted by Gasteiger charge is -2.20. The summed E-state index contributed by atoms with van der Waals surface area (Å²) in [4.78, 5) is 2.30. The zero-order chi connectivity index (χ0) is 10.8. The van der Waals surface area contributed by atoms with E-state index in [0.29, 0.717) is 0 Å². The average molecular weight is 226 g/mol. The van der Waals surface area contributed by atoms with Crippen molar-refractivity contribution in [3.05, 3.63) is 28.8 Å². The summed E-state index contributed by atoms with van der Waals surface area (Å²) in [7, 11) is 0. The van der Waals surface area contributed by atoms with Crippen LogP contribution in [-0.4, -0.2) is 18.2 Å². The van der Waals surface area contributed by atoms with Crippen LogP contribution in [0.1, 0.15) is 31.4 Å². The molecule has 0 radical (unpaired) electrons. The van der Waals surface area contributed by atoms with Gasteiger partial charge in [0.25, 0.3) is 0 Å². The van der Waals surface area contributed by atoms with Crippen LogP contribution in [-0.2, 0) is 0 Å². The van der Waals surface area contributed by atoms with E-state index in [1.54, 1.807) is 6.92 Å². The number of aliphatic hydroxyl groups excluding tert-OH is 1. The Morgan fingerprint density at radius 1 is 1.33 bits per heavy atom. The molecular formula is C12H16ClNO. The Morgan fingerprint density at radius 3 is 2.53 bits per heavy atom. The summed E-state index contributed by atoms with van der Waals surface area (Å²) < 4.78 is 0. The predicted molar refractivity (Wildman–Crippen MR) is 63.5 cm³/mol. The molecule has 0 aromatic heterocycles. The second-order valence-corrected chi connectivity index (χ2v) is 4.49. The Kier molecular flexibility index (Phi) is 3.17. The van der Waals surface area contributed by atoms with Crippen molar-refractivity contribution in [2.45, 2.75) is 25.9 Å². The third-order valence-electron chi connectivity index (χ3n) is 2.90. The molecule has 0 unspecified atom stereocenters. The van der Waals surface area contributed by atoms with Crippen molar-refractivity contribution in [2.24, 2.45) is 0 Å². The van der Waals surface area contributed by atoms with E-state index in [4.69, 9.17) is 11.6 Å². The van der Waals surface area contributed by atoms with E-state index in [0.717, 1.165) is 29.4 Å². The summed E-state index contributed by atoms with van der Waals surface area (Å²) in [5.41, 5.74) is 1.97. The predicted octanol–water partition coefficient (Wildman–Crippen LogP) is 2.99. The van der Waals surface area contributed by atoms with Gasteiger partial charge in [-0.3, -0.25) is 0 Å². The number of anilines is 1. The smallest absolute Gasteiger partial charge is 0.0762 e.